The van der Waals surface area contributed by atoms with E-state index in [9.17, 15) is 4.39 Å². The summed E-state index contributed by atoms with van der Waals surface area (Å²) in [5, 5.41) is 0. The summed E-state index contributed by atoms with van der Waals surface area (Å²) in [5.41, 5.74) is 6.88. The highest BCUT2D eigenvalue weighted by Gasteiger charge is 2.19. The number of nitrogens with two attached hydrogens (primary N) is 1. The van der Waals surface area contributed by atoms with Gasteiger partial charge in [0.05, 0.1) is 11.8 Å². The SMILES string of the molecule is COC1CCN(Cc2cccc(F)c2N)CC1. The van der Waals surface area contributed by atoms with Gasteiger partial charge in [-0.3, -0.25) is 4.90 Å². The third kappa shape index (κ3) is 2.96. The van der Waals surface area contributed by atoms with Gasteiger partial charge < -0.3 is 10.5 Å². The number of hydrogen-bond acceptors (Lipinski definition) is 3. The maximum atomic E-state index is 13.3. The Morgan fingerprint density at radius 2 is 2.12 bits per heavy atom. The van der Waals surface area contributed by atoms with E-state index in [1.54, 1.807) is 13.2 Å². The number of hydrogen-bond donors (Lipinski definition) is 1. The molecule has 1 saturated heterocycles. The van der Waals surface area contributed by atoms with Crippen LogP contribution in [-0.4, -0.2) is 31.2 Å². The summed E-state index contributed by atoms with van der Waals surface area (Å²) in [6.07, 6.45) is 2.44. The molecule has 0 radical (unpaired) electrons. The molecule has 1 aromatic carbocycles. The molecule has 1 aliphatic rings. The number of likely N-dealkylation sites (tertiary alicyclic amines) is 1. The number of rotatable bonds is 3. The summed E-state index contributed by atoms with van der Waals surface area (Å²) in [6.45, 7) is 2.68. The van der Waals surface area contributed by atoms with Crippen LogP contribution < -0.4 is 5.73 Å². The fraction of sp³-hybridized carbons (Fsp3) is 0.538. The van der Waals surface area contributed by atoms with Crippen LogP contribution in [0.15, 0.2) is 18.2 Å². The minimum absolute atomic E-state index is 0.279. The maximum Gasteiger partial charge on any atom is 0.146 e. The number of ether oxygens (including phenoxy) is 1. The summed E-state index contributed by atoms with van der Waals surface area (Å²) in [5.74, 6) is -0.325. The average Bonchev–Trinajstić information content (AvgIpc) is 2.36. The van der Waals surface area contributed by atoms with Crippen LogP contribution in [0.1, 0.15) is 18.4 Å². The van der Waals surface area contributed by atoms with Crippen molar-refractivity contribution in [2.75, 3.05) is 25.9 Å². The van der Waals surface area contributed by atoms with Crippen molar-refractivity contribution in [3.05, 3.63) is 29.6 Å². The van der Waals surface area contributed by atoms with E-state index in [1.807, 2.05) is 6.07 Å². The molecule has 4 heteroatoms. The van der Waals surface area contributed by atoms with Gasteiger partial charge in [-0.2, -0.15) is 0 Å². The lowest BCUT2D eigenvalue weighted by Gasteiger charge is -2.31. The molecule has 2 N–H and O–H groups in total. The Balaban J connectivity index is 1.95. The van der Waals surface area contributed by atoms with Gasteiger partial charge in [0.2, 0.25) is 0 Å². The van der Waals surface area contributed by atoms with Gasteiger partial charge in [-0.05, 0) is 24.5 Å². The van der Waals surface area contributed by atoms with E-state index in [-0.39, 0.29) is 11.5 Å². The Hall–Kier alpha value is -1.13. The van der Waals surface area contributed by atoms with Gasteiger partial charge in [-0.25, -0.2) is 4.39 Å². The lowest BCUT2D eigenvalue weighted by atomic mass is 10.1. The second kappa shape index (κ2) is 5.47. The quantitative estimate of drug-likeness (QED) is 0.819. The smallest absolute Gasteiger partial charge is 0.146 e. The summed E-state index contributed by atoms with van der Waals surface area (Å²) in [6, 6.07) is 5.00. The van der Waals surface area contributed by atoms with Crippen LogP contribution >= 0.6 is 0 Å². The number of piperidine rings is 1. The van der Waals surface area contributed by atoms with Crippen molar-refractivity contribution in [1.29, 1.82) is 0 Å². The third-order valence-corrected chi connectivity index (χ3v) is 3.41. The molecule has 0 aromatic heterocycles. The normalized spacial score (nSPS) is 18.5. The van der Waals surface area contributed by atoms with Crippen molar-refractivity contribution in [3.8, 4) is 0 Å². The molecule has 1 heterocycles. The zero-order chi connectivity index (χ0) is 12.3. The predicted molar refractivity (Wildman–Crippen MR) is 66.1 cm³/mol. The predicted octanol–water partition coefficient (Wildman–Crippen LogP) is 2.02. The second-order valence-electron chi connectivity index (χ2n) is 4.52. The Morgan fingerprint density at radius 3 is 2.76 bits per heavy atom. The molecule has 0 bridgehead atoms. The molecule has 0 saturated carbocycles. The Labute approximate surface area is 101 Å². The van der Waals surface area contributed by atoms with Gasteiger partial charge in [0.15, 0.2) is 0 Å². The number of anilines is 1. The lowest BCUT2D eigenvalue weighted by Crippen LogP contribution is -2.36. The summed E-state index contributed by atoms with van der Waals surface area (Å²) >= 11 is 0. The van der Waals surface area contributed by atoms with E-state index in [2.05, 4.69) is 4.90 Å². The van der Waals surface area contributed by atoms with Crippen LogP contribution in [0.4, 0.5) is 10.1 Å². The lowest BCUT2D eigenvalue weighted by molar-refractivity contribution is 0.0389. The highest BCUT2D eigenvalue weighted by Crippen LogP contribution is 2.20. The molecule has 3 nitrogen and oxygen atoms in total. The average molecular weight is 238 g/mol. The largest absolute Gasteiger partial charge is 0.396 e. The molecule has 2 rings (SSSR count). The molecule has 1 aromatic rings. The number of para-hydroxylation sites is 1. The van der Waals surface area contributed by atoms with Crippen molar-refractivity contribution in [2.45, 2.75) is 25.5 Å². The molecule has 17 heavy (non-hydrogen) atoms. The van der Waals surface area contributed by atoms with Crippen molar-refractivity contribution in [3.63, 3.8) is 0 Å². The van der Waals surface area contributed by atoms with Gasteiger partial charge in [0.1, 0.15) is 5.82 Å². The van der Waals surface area contributed by atoms with Crippen molar-refractivity contribution >= 4 is 5.69 Å². The van der Waals surface area contributed by atoms with E-state index < -0.39 is 0 Å². The van der Waals surface area contributed by atoms with Gasteiger partial charge in [0.25, 0.3) is 0 Å². The molecule has 94 valence electrons. The molecular weight excluding hydrogens is 219 g/mol. The number of nitrogen functional groups attached to an aromatic ring is 1. The number of methoxy groups -OCH3 is 1. The van der Waals surface area contributed by atoms with Gasteiger partial charge in [0, 0.05) is 26.7 Å². The van der Waals surface area contributed by atoms with Crippen LogP contribution in [0.25, 0.3) is 0 Å². The first-order chi connectivity index (χ1) is 8.20. The van der Waals surface area contributed by atoms with Gasteiger partial charge >= 0.3 is 0 Å². The fourth-order valence-corrected chi connectivity index (χ4v) is 2.26. The zero-order valence-electron chi connectivity index (χ0n) is 10.2. The summed E-state index contributed by atoms with van der Waals surface area (Å²) in [4.78, 5) is 2.29. The van der Waals surface area contributed by atoms with Gasteiger partial charge in [-0.1, -0.05) is 12.1 Å². The molecule has 1 fully saturated rings. The number of halogens is 1. The molecule has 0 amide bonds. The fourth-order valence-electron chi connectivity index (χ4n) is 2.26. The highest BCUT2D eigenvalue weighted by atomic mass is 19.1. The first-order valence-electron chi connectivity index (χ1n) is 5.98. The van der Waals surface area contributed by atoms with Crippen LogP contribution in [0.5, 0.6) is 0 Å². The Bertz CT molecular complexity index is 376. The van der Waals surface area contributed by atoms with E-state index in [0.717, 1.165) is 38.0 Å². The topological polar surface area (TPSA) is 38.5 Å². The Morgan fingerprint density at radius 1 is 1.41 bits per heavy atom. The molecule has 0 unspecified atom stereocenters. The summed E-state index contributed by atoms with van der Waals surface area (Å²) < 4.78 is 18.6. The van der Waals surface area contributed by atoms with Crippen LogP contribution in [0, 0.1) is 5.82 Å². The molecule has 1 aliphatic heterocycles. The highest BCUT2D eigenvalue weighted by molar-refractivity contribution is 5.47. The minimum atomic E-state index is -0.325. The molecule has 0 aliphatic carbocycles. The zero-order valence-corrected chi connectivity index (χ0v) is 10.2. The Kier molecular flexibility index (Phi) is 3.97. The van der Waals surface area contributed by atoms with Crippen LogP contribution in [0.3, 0.4) is 0 Å². The molecular formula is C13H19FN2O. The van der Waals surface area contributed by atoms with Crippen molar-refractivity contribution in [1.82, 2.24) is 4.90 Å². The summed E-state index contributed by atoms with van der Waals surface area (Å²) in [7, 11) is 1.75. The standard InChI is InChI=1S/C13H19FN2O/c1-17-11-5-7-16(8-6-11)9-10-3-2-4-12(14)13(10)15/h2-4,11H,5-9,15H2,1H3. The van der Waals surface area contributed by atoms with Crippen molar-refractivity contribution in [2.24, 2.45) is 0 Å². The van der Waals surface area contributed by atoms with E-state index >= 15 is 0 Å². The molecule has 0 spiro atoms. The monoisotopic (exact) mass is 238 g/mol. The van der Waals surface area contributed by atoms with Crippen molar-refractivity contribution < 1.29 is 9.13 Å². The van der Waals surface area contributed by atoms with Crippen LogP contribution in [-0.2, 0) is 11.3 Å². The number of nitrogens with zero attached hydrogens (tertiary/aromatic N) is 1. The van der Waals surface area contributed by atoms with E-state index in [4.69, 9.17) is 10.5 Å². The van der Waals surface area contributed by atoms with E-state index in [0.29, 0.717) is 6.10 Å². The first kappa shape index (κ1) is 12.3. The van der Waals surface area contributed by atoms with Crippen LogP contribution in [0.2, 0.25) is 0 Å². The number of benzene rings is 1. The first-order valence-corrected chi connectivity index (χ1v) is 5.98. The maximum absolute atomic E-state index is 13.3. The molecule has 0 atom stereocenters. The second-order valence-corrected chi connectivity index (χ2v) is 4.52. The third-order valence-electron chi connectivity index (χ3n) is 3.41. The minimum Gasteiger partial charge on any atom is -0.396 e. The van der Waals surface area contributed by atoms with Gasteiger partial charge in [-0.15, -0.1) is 0 Å². The van der Waals surface area contributed by atoms with E-state index in [1.165, 1.54) is 6.07 Å².